The van der Waals surface area contributed by atoms with Crippen molar-refractivity contribution in [2.45, 2.75) is 27.3 Å². The van der Waals surface area contributed by atoms with E-state index < -0.39 is 10.0 Å². The highest BCUT2D eigenvalue weighted by Crippen LogP contribution is 2.23. The second-order valence-electron chi connectivity index (χ2n) is 7.53. The molecule has 5 nitrogen and oxygen atoms in total. The smallest absolute Gasteiger partial charge is 0.255 e. The van der Waals surface area contributed by atoms with Gasteiger partial charge in [-0.15, -0.1) is 0 Å². The van der Waals surface area contributed by atoms with Crippen LogP contribution in [0.25, 0.3) is 0 Å². The van der Waals surface area contributed by atoms with Crippen LogP contribution in [0.5, 0.6) is 0 Å². The van der Waals surface area contributed by atoms with E-state index in [9.17, 15) is 13.2 Å². The molecular weight excluding hydrogens is 396 g/mol. The summed E-state index contributed by atoms with van der Waals surface area (Å²) in [7, 11) is -3.46. The molecule has 3 aromatic rings. The number of anilines is 2. The Morgan fingerprint density at radius 1 is 0.900 bits per heavy atom. The molecule has 6 heteroatoms. The third-order valence-corrected chi connectivity index (χ3v) is 6.09. The maximum Gasteiger partial charge on any atom is 0.255 e. The van der Waals surface area contributed by atoms with Crippen LogP contribution in [-0.4, -0.2) is 20.6 Å². The largest absolute Gasteiger partial charge is 0.322 e. The predicted octanol–water partition coefficient (Wildman–Crippen LogP) is 4.83. The first-order chi connectivity index (χ1) is 14.1. The molecule has 1 N–H and O–H groups in total. The molecule has 30 heavy (non-hydrogen) atoms. The summed E-state index contributed by atoms with van der Waals surface area (Å²) < 4.78 is 26.1. The number of hydrogen-bond acceptors (Lipinski definition) is 3. The molecule has 0 radical (unpaired) electrons. The van der Waals surface area contributed by atoms with E-state index in [4.69, 9.17) is 0 Å². The normalized spacial score (nSPS) is 11.2. The van der Waals surface area contributed by atoms with E-state index in [0.29, 0.717) is 11.3 Å². The quantitative estimate of drug-likeness (QED) is 0.619. The number of aryl methyl sites for hydroxylation is 3. The van der Waals surface area contributed by atoms with Gasteiger partial charge in [0.1, 0.15) is 0 Å². The molecule has 0 aliphatic heterocycles. The number of nitrogens with one attached hydrogen (secondary N) is 1. The van der Waals surface area contributed by atoms with Crippen LogP contribution >= 0.6 is 0 Å². The van der Waals surface area contributed by atoms with Crippen LogP contribution in [-0.2, 0) is 16.6 Å². The molecule has 0 bridgehead atoms. The Kier molecular flexibility index (Phi) is 6.27. The maximum atomic E-state index is 12.7. The molecule has 3 rings (SSSR count). The first kappa shape index (κ1) is 21.6. The van der Waals surface area contributed by atoms with E-state index in [-0.39, 0.29) is 12.5 Å². The SMILES string of the molecule is Cc1cccc(N(Cc2ccc(C(=O)Nc3c(C)cccc3C)cc2)S(C)(=O)=O)c1. The van der Waals surface area contributed by atoms with Crippen LogP contribution in [0.15, 0.2) is 66.7 Å². The molecular formula is C24H26N2O3S. The van der Waals surface area contributed by atoms with Crippen LogP contribution in [0.3, 0.4) is 0 Å². The van der Waals surface area contributed by atoms with E-state index >= 15 is 0 Å². The number of hydrogen-bond donors (Lipinski definition) is 1. The zero-order valence-corrected chi connectivity index (χ0v) is 18.5. The highest BCUT2D eigenvalue weighted by Gasteiger charge is 2.18. The zero-order valence-electron chi connectivity index (χ0n) is 17.6. The van der Waals surface area contributed by atoms with Gasteiger partial charge in [-0.3, -0.25) is 9.10 Å². The van der Waals surface area contributed by atoms with E-state index in [0.717, 1.165) is 27.9 Å². The zero-order chi connectivity index (χ0) is 21.9. The fourth-order valence-corrected chi connectivity index (χ4v) is 4.19. The molecule has 0 saturated heterocycles. The van der Waals surface area contributed by atoms with E-state index in [2.05, 4.69) is 5.32 Å². The van der Waals surface area contributed by atoms with Crippen molar-refractivity contribution in [3.05, 3.63) is 94.5 Å². The Balaban J connectivity index is 1.80. The molecule has 0 atom stereocenters. The minimum Gasteiger partial charge on any atom is -0.322 e. The molecule has 0 spiro atoms. The van der Waals surface area contributed by atoms with Crippen LogP contribution in [0.4, 0.5) is 11.4 Å². The van der Waals surface area contributed by atoms with E-state index in [1.165, 1.54) is 10.6 Å². The molecule has 0 fully saturated rings. The van der Waals surface area contributed by atoms with Crippen molar-refractivity contribution in [3.63, 3.8) is 0 Å². The lowest BCUT2D eigenvalue weighted by Crippen LogP contribution is -2.29. The van der Waals surface area contributed by atoms with Crippen LogP contribution in [0.1, 0.15) is 32.6 Å². The fraction of sp³-hybridized carbons (Fsp3) is 0.208. The third-order valence-electron chi connectivity index (χ3n) is 4.95. The number of nitrogens with zero attached hydrogens (tertiary/aromatic N) is 1. The Labute approximate surface area is 178 Å². The van der Waals surface area contributed by atoms with Gasteiger partial charge in [-0.25, -0.2) is 8.42 Å². The summed E-state index contributed by atoms with van der Waals surface area (Å²) in [6.07, 6.45) is 1.20. The summed E-state index contributed by atoms with van der Waals surface area (Å²) in [5.74, 6) is -0.197. The summed E-state index contributed by atoms with van der Waals surface area (Å²) in [5, 5.41) is 2.97. The van der Waals surface area contributed by atoms with Gasteiger partial charge in [-0.2, -0.15) is 0 Å². The van der Waals surface area contributed by atoms with Gasteiger partial charge < -0.3 is 5.32 Å². The average molecular weight is 423 g/mol. The second kappa shape index (κ2) is 8.71. The maximum absolute atomic E-state index is 12.7. The van der Waals surface area contributed by atoms with Crippen molar-refractivity contribution in [1.29, 1.82) is 0 Å². The molecule has 3 aromatic carbocycles. The van der Waals surface area contributed by atoms with Gasteiger partial charge in [0, 0.05) is 11.3 Å². The highest BCUT2D eigenvalue weighted by atomic mass is 32.2. The van der Waals surface area contributed by atoms with Gasteiger partial charge in [0.2, 0.25) is 10.0 Å². The van der Waals surface area contributed by atoms with Crippen molar-refractivity contribution in [2.24, 2.45) is 0 Å². The van der Waals surface area contributed by atoms with Crippen molar-refractivity contribution in [2.75, 3.05) is 15.9 Å². The predicted molar refractivity (Wildman–Crippen MR) is 123 cm³/mol. The Hall–Kier alpha value is -3.12. The van der Waals surface area contributed by atoms with Gasteiger partial charge in [0.15, 0.2) is 0 Å². The molecule has 0 unspecified atom stereocenters. The number of carbonyl (C=O) groups is 1. The third kappa shape index (κ3) is 5.07. The highest BCUT2D eigenvalue weighted by molar-refractivity contribution is 7.92. The fourth-order valence-electron chi connectivity index (χ4n) is 3.31. The monoisotopic (exact) mass is 422 g/mol. The van der Waals surface area contributed by atoms with Crippen molar-refractivity contribution in [3.8, 4) is 0 Å². The van der Waals surface area contributed by atoms with Crippen LogP contribution in [0.2, 0.25) is 0 Å². The number of sulfonamides is 1. The van der Waals surface area contributed by atoms with Gasteiger partial charge in [0.25, 0.3) is 5.91 Å². The molecule has 0 aromatic heterocycles. The first-order valence-corrected chi connectivity index (χ1v) is 11.5. The van der Waals surface area contributed by atoms with Gasteiger partial charge in [-0.1, -0.05) is 42.5 Å². The number of para-hydroxylation sites is 1. The Bertz CT molecular complexity index is 1150. The van der Waals surface area contributed by atoms with Crippen molar-refractivity contribution in [1.82, 2.24) is 0 Å². The molecule has 0 aliphatic rings. The molecule has 156 valence electrons. The molecule has 1 amide bonds. The lowest BCUT2D eigenvalue weighted by Gasteiger charge is -2.23. The minimum atomic E-state index is -3.46. The summed E-state index contributed by atoms with van der Waals surface area (Å²) in [6.45, 7) is 6.03. The van der Waals surface area contributed by atoms with E-state index in [1.807, 2.05) is 57.2 Å². The summed E-state index contributed by atoms with van der Waals surface area (Å²) in [4.78, 5) is 12.7. The topological polar surface area (TPSA) is 66.5 Å². The van der Waals surface area contributed by atoms with Crippen LogP contribution < -0.4 is 9.62 Å². The van der Waals surface area contributed by atoms with Crippen molar-refractivity contribution < 1.29 is 13.2 Å². The summed E-state index contributed by atoms with van der Waals surface area (Å²) in [6, 6.07) is 20.3. The molecule has 0 saturated carbocycles. The second-order valence-corrected chi connectivity index (χ2v) is 9.43. The first-order valence-electron chi connectivity index (χ1n) is 9.66. The van der Waals surface area contributed by atoms with Crippen LogP contribution in [0, 0.1) is 20.8 Å². The molecule has 0 aliphatic carbocycles. The summed E-state index contributed by atoms with van der Waals surface area (Å²) >= 11 is 0. The Morgan fingerprint density at radius 2 is 1.50 bits per heavy atom. The lowest BCUT2D eigenvalue weighted by molar-refractivity contribution is 0.102. The van der Waals surface area contributed by atoms with Gasteiger partial charge >= 0.3 is 0 Å². The minimum absolute atomic E-state index is 0.196. The standard InChI is InChI=1S/C24H26N2O3S/c1-17-7-5-10-22(15-17)26(30(4,28)29)16-20-11-13-21(14-12-20)24(27)25-23-18(2)8-6-9-19(23)3/h5-15H,16H2,1-4H3,(H,25,27). The Morgan fingerprint density at radius 3 is 2.07 bits per heavy atom. The van der Waals surface area contributed by atoms with Gasteiger partial charge in [0.05, 0.1) is 18.5 Å². The van der Waals surface area contributed by atoms with E-state index in [1.54, 1.807) is 30.3 Å². The van der Waals surface area contributed by atoms with Crippen molar-refractivity contribution >= 4 is 27.3 Å². The van der Waals surface area contributed by atoms with Gasteiger partial charge in [-0.05, 0) is 67.3 Å². The number of amides is 1. The average Bonchev–Trinajstić information content (AvgIpc) is 2.68. The number of carbonyl (C=O) groups excluding carboxylic acids is 1. The summed E-state index contributed by atoms with van der Waals surface area (Å²) in [5.41, 5.74) is 5.74. The molecule has 0 heterocycles. The number of benzene rings is 3. The lowest BCUT2D eigenvalue weighted by atomic mass is 10.1. The number of rotatable bonds is 6.